The van der Waals surface area contributed by atoms with Crippen molar-refractivity contribution < 1.29 is 17.7 Å². The summed E-state index contributed by atoms with van der Waals surface area (Å²) in [4.78, 5) is 14.3. The molecule has 1 aromatic heterocycles. The van der Waals surface area contributed by atoms with Crippen LogP contribution in [-0.4, -0.2) is 41.9 Å². The molecule has 0 aliphatic carbocycles. The maximum atomic E-state index is 12.8. The van der Waals surface area contributed by atoms with Gasteiger partial charge < -0.3 is 9.42 Å². The molecule has 0 spiro atoms. The van der Waals surface area contributed by atoms with Gasteiger partial charge in [-0.2, -0.15) is 0 Å². The van der Waals surface area contributed by atoms with Crippen molar-refractivity contribution in [1.82, 2.24) is 10.1 Å². The lowest BCUT2D eigenvalue weighted by molar-refractivity contribution is 0.0638. The third kappa shape index (κ3) is 3.61. The van der Waals surface area contributed by atoms with Crippen molar-refractivity contribution in [2.75, 3.05) is 11.5 Å². The Kier molecular flexibility index (Phi) is 4.21. The topological polar surface area (TPSA) is 80.5 Å². The number of rotatable bonds is 4. The number of aromatic nitrogens is 1. The normalized spacial score (nSPS) is 19.6. The van der Waals surface area contributed by atoms with Crippen molar-refractivity contribution in [2.24, 2.45) is 0 Å². The number of aryl methyl sites for hydroxylation is 1. The van der Waals surface area contributed by atoms with E-state index in [9.17, 15) is 13.2 Å². The highest BCUT2D eigenvalue weighted by atomic mass is 32.2. The largest absolute Gasteiger partial charge is 0.351 e. The van der Waals surface area contributed by atoms with Gasteiger partial charge in [-0.05, 0) is 18.9 Å². The molecule has 122 valence electrons. The molecule has 1 amide bonds. The summed E-state index contributed by atoms with van der Waals surface area (Å²) in [5.41, 5.74) is 1.56. The summed E-state index contributed by atoms with van der Waals surface area (Å²) in [6, 6.07) is 10.7. The number of hydrogen-bond donors (Lipinski definition) is 0. The van der Waals surface area contributed by atoms with Crippen LogP contribution in [0.25, 0.3) is 0 Å². The Labute approximate surface area is 135 Å². The molecule has 1 aliphatic heterocycles. The summed E-state index contributed by atoms with van der Waals surface area (Å²) >= 11 is 0. The van der Waals surface area contributed by atoms with E-state index in [1.807, 2.05) is 30.3 Å². The molecular weight excluding hydrogens is 316 g/mol. The summed E-state index contributed by atoms with van der Waals surface area (Å²) in [5, 5.41) is 3.74. The van der Waals surface area contributed by atoms with E-state index >= 15 is 0 Å². The molecule has 23 heavy (non-hydrogen) atoms. The molecule has 7 heteroatoms. The molecule has 1 unspecified atom stereocenters. The lowest BCUT2D eigenvalue weighted by Crippen LogP contribution is -2.40. The molecular formula is C16H18N2O4S. The highest BCUT2D eigenvalue weighted by molar-refractivity contribution is 7.91. The number of hydrogen-bond acceptors (Lipinski definition) is 5. The average Bonchev–Trinajstić information content (AvgIpc) is 3.11. The van der Waals surface area contributed by atoms with E-state index in [0.29, 0.717) is 18.7 Å². The van der Waals surface area contributed by atoms with Gasteiger partial charge in [0.15, 0.2) is 9.84 Å². The Morgan fingerprint density at radius 1 is 1.35 bits per heavy atom. The van der Waals surface area contributed by atoms with Crippen molar-refractivity contribution >= 4 is 15.7 Å². The molecule has 2 aromatic rings. The van der Waals surface area contributed by atoms with E-state index in [0.717, 1.165) is 5.56 Å². The number of benzene rings is 1. The van der Waals surface area contributed by atoms with Gasteiger partial charge >= 0.3 is 0 Å². The molecule has 1 aliphatic rings. The van der Waals surface area contributed by atoms with Gasteiger partial charge in [0.05, 0.1) is 17.2 Å². The lowest BCUT2D eigenvalue weighted by Gasteiger charge is -2.27. The predicted octanol–water partition coefficient (Wildman–Crippen LogP) is 1.81. The number of carbonyl (C=O) groups excluding carboxylic acids is 1. The van der Waals surface area contributed by atoms with Gasteiger partial charge in [0.1, 0.15) is 0 Å². The zero-order valence-electron chi connectivity index (χ0n) is 12.8. The number of sulfone groups is 1. The number of nitrogens with zero attached hydrogens (tertiary/aromatic N) is 2. The Morgan fingerprint density at radius 2 is 2.09 bits per heavy atom. The third-order valence-corrected chi connectivity index (χ3v) is 5.69. The fraction of sp³-hybridized carbons (Fsp3) is 0.375. The molecule has 3 rings (SSSR count). The maximum Gasteiger partial charge on any atom is 0.293 e. The third-order valence-electron chi connectivity index (χ3n) is 3.94. The first-order valence-electron chi connectivity index (χ1n) is 7.43. The smallest absolute Gasteiger partial charge is 0.293 e. The van der Waals surface area contributed by atoms with Crippen LogP contribution >= 0.6 is 0 Å². The number of carbonyl (C=O) groups is 1. The van der Waals surface area contributed by atoms with E-state index in [1.54, 1.807) is 17.9 Å². The van der Waals surface area contributed by atoms with Crippen LogP contribution in [0, 0.1) is 6.92 Å². The first-order valence-corrected chi connectivity index (χ1v) is 9.25. The second-order valence-electron chi connectivity index (χ2n) is 5.81. The van der Waals surface area contributed by atoms with E-state index in [1.165, 1.54) is 0 Å². The lowest BCUT2D eigenvalue weighted by atomic mass is 10.1. The molecule has 1 aromatic carbocycles. The Balaban J connectivity index is 1.88. The van der Waals surface area contributed by atoms with Gasteiger partial charge in [0.25, 0.3) is 5.91 Å². The van der Waals surface area contributed by atoms with Crippen LogP contribution < -0.4 is 0 Å². The molecule has 0 radical (unpaired) electrons. The molecule has 0 bridgehead atoms. The van der Waals surface area contributed by atoms with Gasteiger partial charge in [0.2, 0.25) is 5.76 Å². The van der Waals surface area contributed by atoms with Crippen LogP contribution in [0.5, 0.6) is 0 Å². The van der Waals surface area contributed by atoms with Crippen molar-refractivity contribution in [3.63, 3.8) is 0 Å². The van der Waals surface area contributed by atoms with Gasteiger partial charge in [-0.15, -0.1) is 0 Å². The second-order valence-corrected chi connectivity index (χ2v) is 8.04. The fourth-order valence-corrected chi connectivity index (χ4v) is 4.50. The van der Waals surface area contributed by atoms with Crippen molar-refractivity contribution in [1.29, 1.82) is 0 Å². The molecule has 2 heterocycles. The van der Waals surface area contributed by atoms with Crippen LogP contribution in [0.15, 0.2) is 40.9 Å². The van der Waals surface area contributed by atoms with Crippen LogP contribution in [-0.2, 0) is 16.4 Å². The number of amides is 1. The summed E-state index contributed by atoms with van der Waals surface area (Å²) in [6.07, 6.45) is 0.452. The fourth-order valence-electron chi connectivity index (χ4n) is 2.77. The van der Waals surface area contributed by atoms with Crippen molar-refractivity contribution in [2.45, 2.75) is 25.9 Å². The minimum Gasteiger partial charge on any atom is -0.351 e. The van der Waals surface area contributed by atoms with Crippen molar-refractivity contribution in [3.8, 4) is 0 Å². The molecule has 6 nitrogen and oxygen atoms in total. The Bertz CT molecular complexity index is 798. The van der Waals surface area contributed by atoms with Crippen LogP contribution in [0.3, 0.4) is 0 Å². The van der Waals surface area contributed by atoms with E-state index in [4.69, 9.17) is 4.52 Å². The first-order chi connectivity index (χ1) is 10.9. The SMILES string of the molecule is Cc1cc(C(=O)N(Cc2ccccc2)C2CCS(=O)(=O)C2)on1. The van der Waals surface area contributed by atoms with Gasteiger partial charge in [-0.1, -0.05) is 35.5 Å². The Morgan fingerprint density at radius 3 is 2.65 bits per heavy atom. The van der Waals surface area contributed by atoms with Crippen molar-refractivity contribution in [3.05, 3.63) is 53.4 Å². The predicted molar refractivity (Wildman–Crippen MR) is 84.6 cm³/mol. The van der Waals surface area contributed by atoms with Gasteiger partial charge in [-0.3, -0.25) is 4.79 Å². The molecule has 1 saturated heterocycles. The zero-order valence-corrected chi connectivity index (χ0v) is 13.6. The minimum absolute atomic E-state index is 0.00130. The average molecular weight is 334 g/mol. The van der Waals surface area contributed by atoms with E-state index < -0.39 is 9.84 Å². The summed E-state index contributed by atoms with van der Waals surface area (Å²) in [6.45, 7) is 2.08. The van der Waals surface area contributed by atoms with E-state index in [-0.39, 0.29) is 29.2 Å². The molecule has 1 fully saturated rings. The molecule has 1 atom stereocenters. The summed E-state index contributed by atoms with van der Waals surface area (Å²) in [7, 11) is -3.08. The maximum absolute atomic E-state index is 12.8. The monoisotopic (exact) mass is 334 g/mol. The highest BCUT2D eigenvalue weighted by Crippen LogP contribution is 2.22. The minimum atomic E-state index is -3.08. The summed E-state index contributed by atoms with van der Waals surface area (Å²) < 4.78 is 28.6. The Hall–Kier alpha value is -2.15. The highest BCUT2D eigenvalue weighted by Gasteiger charge is 2.36. The van der Waals surface area contributed by atoms with Crippen LogP contribution in [0.1, 0.15) is 28.2 Å². The van der Waals surface area contributed by atoms with Crippen LogP contribution in [0.2, 0.25) is 0 Å². The first kappa shape index (κ1) is 15.7. The van der Waals surface area contributed by atoms with Gasteiger partial charge in [0, 0.05) is 18.7 Å². The van der Waals surface area contributed by atoms with Gasteiger partial charge in [-0.25, -0.2) is 8.42 Å². The molecule has 0 saturated carbocycles. The molecule has 0 N–H and O–H groups in total. The summed E-state index contributed by atoms with van der Waals surface area (Å²) in [5.74, 6) is -0.0658. The zero-order chi connectivity index (χ0) is 16.4. The quantitative estimate of drug-likeness (QED) is 0.852. The van der Waals surface area contributed by atoms with E-state index in [2.05, 4.69) is 5.16 Å². The van der Waals surface area contributed by atoms with Crippen LogP contribution in [0.4, 0.5) is 0 Å². The second kappa shape index (κ2) is 6.16. The standard InChI is InChI=1S/C16H18N2O4S/c1-12-9-15(22-17-12)16(19)18(10-13-5-3-2-4-6-13)14-7-8-23(20,21)11-14/h2-6,9,14H,7-8,10-11H2,1H3.